The lowest BCUT2D eigenvalue weighted by atomic mass is 9.77. The molecule has 0 saturated carbocycles. The molecule has 2 rings (SSSR count). The maximum atomic E-state index is 12.2. The molecule has 1 aromatic carbocycles. The Balaban J connectivity index is 2.30. The van der Waals surface area contributed by atoms with E-state index in [-0.39, 0.29) is 13.2 Å². The highest BCUT2D eigenvalue weighted by atomic mass is 16.7. The molecule has 0 spiro atoms. The van der Waals surface area contributed by atoms with Gasteiger partial charge in [0.05, 0.1) is 17.8 Å². The monoisotopic (exact) mass is 403 g/mol. The SMILES string of the molecule is Cc1ccc(C=C(CNC(=O)OC(C)(C)C)B2OC(C)(C)C(C)(C)O2)cc1CO. The normalized spacial score (nSPS) is 18.7. The van der Waals surface area contributed by atoms with Gasteiger partial charge in [0.2, 0.25) is 0 Å². The summed E-state index contributed by atoms with van der Waals surface area (Å²) in [5.74, 6) is 0. The number of rotatable bonds is 5. The summed E-state index contributed by atoms with van der Waals surface area (Å²) < 4.78 is 17.7. The first-order chi connectivity index (χ1) is 13.2. The van der Waals surface area contributed by atoms with Gasteiger partial charge < -0.3 is 24.5 Å². The number of carbonyl (C=O) groups excluding carboxylic acids is 1. The van der Waals surface area contributed by atoms with E-state index in [4.69, 9.17) is 14.0 Å². The van der Waals surface area contributed by atoms with E-state index in [0.717, 1.165) is 22.2 Å². The van der Waals surface area contributed by atoms with Crippen LogP contribution in [0.2, 0.25) is 0 Å². The number of aliphatic hydroxyl groups excluding tert-OH is 1. The van der Waals surface area contributed by atoms with E-state index in [1.807, 2.05) is 79.7 Å². The maximum Gasteiger partial charge on any atom is 0.492 e. The molecular formula is C22H34BNO5. The van der Waals surface area contributed by atoms with Crippen molar-refractivity contribution in [1.82, 2.24) is 5.32 Å². The van der Waals surface area contributed by atoms with Crippen molar-refractivity contribution in [2.75, 3.05) is 6.54 Å². The summed E-state index contributed by atoms with van der Waals surface area (Å²) in [5, 5.41) is 12.4. The average Bonchev–Trinajstić information content (AvgIpc) is 2.79. The van der Waals surface area contributed by atoms with Crippen LogP contribution in [0, 0.1) is 6.92 Å². The second-order valence-electron chi connectivity index (χ2n) is 9.51. The number of carbonyl (C=O) groups is 1. The van der Waals surface area contributed by atoms with Gasteiger partial charge in [-0.1, -0.05) is 18.2 Å². The largest absolute Gasteiger partial charge is 0.492 e. The van der Waals surface area contributed by atoms with Gasteiger partial charge in [0, 0.05) is 6.54 Å². The molecule has 0 radical (unpaired) electrons. The van der Waals surface area contributed by atoms with Gasteiger partial charge in [-0.15, -0.1) is 0 Å². The smallest absolute Gasteiger partial charge is 0.444 e. The Kier molecular flexibility index (Phi) is 6.88. The molecule has 160 valence electrons. The highest BCUT2D eigenvalue weighted by Crippen LogP contribution is 2.38. The third-order valence-electron chi connectivity index (χ3n) is 5.29. The van der Waals surface area contributed by atoms with Crippen LogP contribution in [0.3, 0.4) is 0 Å². The van der Waals surface area contributed by atoms with Crippen molar-refractivity contribution >= 4 is 19.3 Å². The van der Waals surface area contributed by atoms with E-state index in [9.17, 15) is 9.90 Å². The second kappa shape index (κ2) is 8.50. The predicted molar refractivity (Wildman–Crippen MR) is 115 cm³/mol. The molecule has 1 aliphatic heterocycles. The number of aliphatic hydroxyl groups is 1. The molecule has 0 aliphatic carbocycles. The van der Waals surface area contributed by atoms with Gasteiger partial charge in [-0.3, -0.25) is 0 Å². The van der Waals surface area contributed by atoms with Crippen molar-refractivity contribution in [3.05, 3.63) is 40.4 Å². The van der Waals surface area contributed by atoms with Crippen LogP contribution in [0.15, 0.2) is 23.7 Å². The molecular weight excluding hydrogens is 369 g/mol. The van der Waals surface area contributed by atoms with Crippen LogP contribution in [-0.4, -0.2) is 41.7 Å². The fourth-order valence-electron chi connectivity index (χ4n) is 2.85. The Hall–Kier alpha value is -1.83. The van der Waals surface area contributed by atoms with E-state index in [2.05, 4.69) is 5.32 Å². The minimum Gasteiger partial charge on any atom is -0.444 e. The first kappa shape index (κ1) is 23.5. The number of aryl methyl sites for hydroxylation is 1. The number of nitrogens with one attached hydrogen (secondary N) is 1. The van der Waals surface area contributed by atoms with Crippen LogP contribution in [0.5, 0.6) is 0 Å². The van der Waals surface area contributed by atoms with Crippen LogP contribution >= 0.6 is 0 Å². The molecule has 0 bridgehead atoms. The summed E-state index contributed by atoms with van der Waals surface area (Å²) in [6.07, 6.45) is 1.43. The van der Waals surface area contributed by atoms with Gasteiger partial charge in [-0.25, -0.2) is 4.79 Å². The van der Waals surface area contributed by atoms with Crippen LogP contribution in [0.1, 0.15) is 65.2 Å². The van der Waals surface area contributed by atoms with Gasteiger partial charge in [0.25, 0.3) is 0 Å². The molecule has 1 aliphatic rings. The Morgan fingerprint density at radius 3 is 2.31 bits per heavy atom. The number of hydrogen-bond donors (Lipinski definition) is 2. The molecule has 7 heteroatoms. The third kappa shape index (κ3) is 6.08. The molecule has 1 heterocycles. The Morgan fingerprint density at radius 2 is 1.79 bits per heavy atom. The lowest BCUT2D eigenvalue weighted by molar-refractivity contribution is 0.00578. The molecule has 1 aromatic rings. The highest BCUT2D eigenvalue weighted by Gasteiger charge is 2.52. The standard InChI is InChI=1S/C22H34BNO5/c1-15-9-10-16(11-17(15)14-25)12-18(13-24-19(26)27-20(2,3)4)23-28-21(5,6)22(7,8)29-23/h9-12,25H,13-14H2,1-8H3,(H,24,26). The van der Waals surface area contributed by atoms with Gasteiger partial charge in [0.15, 0.2) is 0 Å². The van der Waals surface area contributed by atoms with Gasteiger partial charge in [-0.2, -0.15) is 0 Å². The number of benzene rings is 1. The summed E-state index contributed by atoms with van der Waals surface area (Å²) in [4.78, 5) is 12.2. The van der Waals surface area contributed by atoms with Gasteiger partial charge in [0.1, 0.15) is 5.60 Å². The van der Waals surface area contributed by atoms with Crippen molar-refractivity contribution in [2.45, 2.75) is 78.8 Å². The summed E-state index contributed by atoms with van der Waals surface area (Å²) in [6.45, 7) is 15.6. The Bertz CT molecular complexity index is 764. The fourth-order valence-corrected chi connectivity index (χ4v) is 2.85. The van der Waals surface area contributed by atoms with Crippen LogP contribution in [0.25, 0.3) is 6.08 Å². The van der Waals surface area contributed by atoms with E-state index in [1.165, 1.54) is 0 Å². The molecule has 1 fully saturated rings. The minimum absolute atomic E-state index is 0.0322. The lowest BCUT2D eigenvalue weighted by Gasteiger charge is -2.32. The van der Waals surface area contributed by atoms with E-state index < -0.39 is 30.0 Å². The summed E-state index contributed by atoms with van der Waals surface area (Å²) >= 11 is 0. The predicted octanol–water partition coefficient (Wildman–Crippen LogP) is 4.03. The maximum absolute atomic E-state index is 12.2. The summed E-state index contributed by atoms with van der Waals surface area (Å²) in [7, 11) is -0.603. The molecule has 2 N–H and O–H groups in total. The zero-order valence-corrected chi connectivity index (χ0v) is 18.9. The Labute approximate surface area is 174 Å². The van der Waals surface area contributed by atoms with Gasteiger partial charge >= 0.3 is 13.2 Å². The van der Waals surface area contributed by atoms with Crippen molar-refractivity contribution in [1.29, 1.82) is 0 Å². The van der Waals surface area contributed by atoms with Crippen molar-refractivity contribution in [2.24, 2.45) is 0 Å². The van der Waals surface area contributed by atoms with Crippen LogP contribution < -0.4 is 5.32 Å². The number of alkyl carbamates (subject to hydrolysis) is 1. The first-order valence-corrected chi connectivity index (χ1v) is 9.97. The van der Waals surface area contributed by atoms with Crippen molar-refractivity contribution in [3.8, 4) is 0 Å². The third-order valence-corrected chi connectivity index (χ3v) is 5.29. The zero-order valence-electron chi connectivity index (χ0n) is 18.9. The number of ether oxygens (including phenoxy) is 1. The molecule has 1 saturated heterocycles. The fraction of sp³-hybridized carbons (Fsp3) is 0.591. The van der Waals surface area contributed by atoms with Crippen molar-refractivity contribution < 1.29 is 23.9 Å². The topological polar surface area (TPSA) is 77.0 Å². The Morgan fingerprint density at radius 1 is 1.21 bits per heavy atom. The molecule has 29 heavy (non-hydrogen) atoms. The summed E-state index contributed by atoms with van der Waals surface area (Å²) in [6, 6.07) is 5.85. The van der Waals surface area contributed by atoms with Gasteiger partial charge in [-0.05, 0) is 83.6 Å². The molecule has 0 atom stereocenters. The quantitative estimate of drug-likeness (QED) is 0.726. The zero-order chi connectivity index (χ0) is 22.0. The second-order valence-corrected chi connectivity index (χ2v) is 9.51. The van der Waals surface area contributed by atoms with Crippen LogP contribution in [-0.2, 0) is 20.7 Å². The molecule has 1 amide bonds. The van der Waals surface area contributed by atoms with Crippen LogP contribution in [0.4, 0.5) is 4.79 Å². The van der Waals surface area contributed by atoms with E-state index in [0.29, 0.717) is 0 Å². The van der Waals surface area contributed by atoms with E-state index in [1.54, 1.807) is 0 Å². The highest BCUT2D eigenvalue weighted by molar-refractivity contribution is 6.56. The number of hydrogen-bond acceptors (Lipinski definition) is 5. The first-order valence-electron chi connectivity index (χ1n) is 9.97. The molecule has 6 nitrogen and oxygen atoms in total. The van der Waals surface area contributed by atoms with Crippen molar-refractivity contribution in [3.63, 3.8) is 0 Å². The molecule has 0 unspecified atom stereocenters. The lowest BCUT2D eigenvalue weighted by Crippen LogP contribution is -2.41. The minimum atomic E-state index is -0.603. The average molecular weight is 403 g/mol. The number of amides is 1. The molecule has 0 aromatic heterocycles. The van der Waals surface area contributed by atoms with E-state index >= 15 is 0 Å². The summed E-state index contributed by atoms with van der Waals surface area (Å²) in [5.41, 5.74) is 1.97.